The van der Waals surface area contributed by atoms with Crippen molar-refractivity contribution < 1.29 is 4.79 Å². The molecule has 1 N–H and O–H groups in total. The van der Waals surface area contributed by atoms with E-state index in [1.165, 1.54) is 17.5 Å². The molecular formula is C22H25ClN6O. The molecule has 0 unspecified atom stereocenters. The highest BCUT2D eigenvalue weighted by molar-refractivity contribution is 6.31. The third-order valence-electron chi connectivity index (χ3n) is 5.22. The number of carbonyl (C=O) groups is 1. The Kier molecular flexibility index (Phi) is 6.42. The minimum absolute atomic E-state index is 0.0641. The minimum Gasteiger partial charge on any atom is -0.323 e. The second-order valence-corrected chi connectivity index (χ2v) is 8.03. The van der Waals surface area contributed by atoms with Crippen LogP contribution in [0.5, 0.6) is 0 Å². The van der Waals surface area contributed by atoms with Crippen LogP contribution in [-0.4, -0.2) is 63.2 Å². The number of nitrogens with one attached hydrogen (secondary N) is 1. The number of piperazine rings is 1. The highest BCUT2D eigenvalue weighted by Gasteiger charge is 2.20. The van der Waals surface area contributed by atoms with Crippen LogP contribution >= 0.6 is 11.6 Å². The number of carbonyl (C=O) groups excluding carboxylic acids is 1. The molecule has 3 aromatic rings. The van der Waals surface area contributed by atoms with Gasteiger partial charge in [-0.2, -0.15) is 5.10 Å². The van der Waals surface area contributed by atoms with E-state index in [1.807, 2.05) is 6.07 Å². The van der Waals surface area contributed by atoms with E-state index in [4.69, 9.17) is 11.6 Å². The number of hydrogen-bond acceptors (Lipinski definition) is 5. The largest absolute Gasteiger partial charge is 0.323 e. The molecule has 2 heterocycles. The van der Waals surface area contributed by atoms with Gasteiger partial charge in [-0.3, -0.25) is 14.6 Å². The van der Waals surface area contributed by atoms with Gasteiger partial charge in [0, 0.05) is 37.7 Å². The Hall–Kier alpha value is -2.74. The van der Waals surface area contributed by atoms with E-state index in [-0.39, 0.29) is 5.91 Å². The summed E-state index contributed by atoms with van der Waals surface area (Å²) in [6.07, 6.45) is 3.04. The Morgan fingerprint density at radius 3 is 2.63 bits per heavy atom. The van der Waals surface area contributed by atoms with Gasteiger partial charge < -0.3 is 5.32 Å². The van der Waals surface area contributed by atoms with Crippen molar-refractivity contribution in [1.82, 2.24) is 24.6 Å². The van der Waals surface area contributed by atoms with Crippen molar-refractivity contribution in [2.75, 3.05) is 38.0 Å². The maximum Gasteiger partial charge on any atom is 0.238 e. The van der Waals surface area contributed by atoms with Crippen LogP contribution in [0.15, 0.2) is 55.1 Å². The van der Waals surface area contributed by atoms with Crippen LogP contribution in [0.25, 0.3) is 5.69 Å². The molecule has 7 nitrogen and oxygen atoms in total. The number of halogens is 1. The lowest BCUT2D eigenvalue weighted by Gasteiger charge is -2.34. The lowest BCUT2D eigenvalue weighted by Crippen LogP contribution is -2.48. The van der Waals surface area contributed by atoms with Crippen LogP contribution in [0.1, 0.15) is 11.1 Å². The molecule has 30 heavy (non-hydrogen) atoms. The van der Waals surface area contributed by atoms with Crippen LogP contribution in [0.2, 0.25) is 5.02 Å². The van der Waals surface area contributed by atoms with Gasteiger partial charge in [-0.1, -0.05) is 41.4 Å². The van der Waals surface area contributed by atoms with Crippen LogP contribution in [0.4, 0.5) is 5.69 Å². The Morgan fingerprint density at radius 2 is 1.90 bits per heavy atom. The summed E-state index contributed by atoms with van der Waals surface area (Å²) in [5, 5.41) is 7.67. The van der Waals surface area contributed by atoms with E-state index in [2.05, 4.69) is 56.4 Å². The first-order valence-corrected chi connectivity index (χ1v) is 10.4. The molecule has 0 spiro atoms. The highest BCUT2D eigenvalue weighted by Crippen LogP contribution is 2.24. The SMILES string of the molecule is Cc1cccc(CN2CCN(CC(=O)Nc3cc(Cl)ccc3-n3cncn3)CC2)c1. The highest BCUT2D eigenvalue weighted by atomic mass is 35.5. The van der Waals surface area contributed by atoms with Gasteiger partial charge in [-0.05, 0) is 30.7 Å². The topological polar surface area (TPSA) is 66.3 Å². The fraction of sp³-hybridized carbons (Fsp3) is 0.318. The lowest BCUT2D eigenvalue weighted by atomic mass is 10.1. The molecule has 1 aromatic heterocycles. The van der Waals surface area contributed by atoms with Crippen LogP contribution in [0, 0.1) is 6.92 Å². The van der Waals surface area contributed by atoms with Gasteiger partial charge in [0.1, 0.15) is 12.7 Å². The van der Waals surface area contributed by atoms with E-state index < -0.39 is 0 Å². The number of aromatic nitrogens is 3. The summed E-state index contributed by atoms with van der Waals surface area (Å²) in [5.74, 6) is -0.0641. The second kappa shape index (κ2) is 9.38. The molecule has 1 aliphatic rings. The van der Waals surface area contributed by atoms with E-state index in [1.54, 1.807) is 23.1 Å². The number of rotatable bonds is 6. The van der Waals surface area contributed by atoms with Crippen molar-refractivity contribution in [3.8, 4) is 5.69 Å². The zero-order valence-electron chi connectivity index (χ0n) is 17.0. The van der Waals surface area contributed by atoms with Gasteiger partial charge in [0.25, 0.3) is 0 Å². The van der Waals surface area contributed by atoms with Gasteiger partial charge >= 0.3 is 0 Å². The van der Waals surface area contributed by atoms with Crippen LogP contribution in [-0.2, 0) is 11.3 Å². The Balaban J connectivity index is 1.31. The number of nitrogens with zero attached hydrogens (tertiary/aromatic N) is 5. The van der Waals surface area contributed by atoms with Gasteiger partial charge in [-0.15, -0.1) is 0 Å². The molecule has 1 aliphatic heterocycles. The van der Waals surface area contributed by atoms with Crippen molar-refractivity contribution in [3.05, 3.63) is 71.3 Å². The molecule has 1 saturated heterocycles. The molecular weight excluding hydrogens is 400 g/mol. The van der Waals surface area contributed by atoms with Crippen molar-refractivity contribution in [2.45, 2.75) is 13.5 Å². The Bertz CT molecular complexity index is 999. The zero-order chi connectivity index (χ0) is 20.9. The first-order valence-electron chi connectivity index (χ1n) is 10.0. The lowest BCUT2D eigenvalue weighted by molar-refractivity contribution is -0.117. The van der Waals surface area contributed by atoms with E-state index in [0.717, 1.165) is 38.4 Å². The normalized spacial score (nSPS) is 15.3. The molecule has 8 heteroatoms. The predicted molar refractivity (Wildman–Crippen MR) is 118 cm³/mol. The summed E-state index contributed by atoms with van der Waals surface area (Å²) in [6.45, 7) is 7.04. The van der Waals surface area contributed by atoms with Crippen molar-refractivity contribution in [2.24, 2.45) is 0 Å². The number of aryl methyl sites for hydroxylation is 1. The molecule has 4 rings (SSSR count). The molecule has 2 aromatic carbocycles. The monoisotopic (exact) mass is 424 g/mol. The number of hydrogen-bond donors (Lipinski definition) is 1. The summed E-state index contributed by atoms with van der Waals surface area (Å²) < 4.78 is 1.61. The van der Waals surface area contributed by atoms with Crippen molar-refractivity contribution in [1.29, 1.82) is 0 Å². The first-order chi connectivity index (χ1) is 14.6. The van der Waals surface area contributed by atoms with Crippen molar-refractivity contribution in [3.63, 3.8) is 0 Å². The van der Waals surface area contributed by atoms with Gasteiger partial charge in [0.15, 0.2) is 0 Å². The Labute approximate surface area is 181 Å². The molecule has 1 fully saturated rings. The van der Waals surface area contributed by atoms with Crippen LogP contribution < -0.4 is 5.32 Å². The third-order valence-corrected chi connectivity index (χ3v) is 5.45. The molecule has 156 valence electrons. The summed E-state index contributed by atoms with van der Waals surface area (Å²) in [4.78, 5) is 21.3. The van der Waals surface area contributed by atoms with Gasteiger partial charge in [-0.25, -0.2) is 9.67 Å². The molecule has 1 amide bonds. The van der Waals surface area contributed by atoms with Gasteiger partial charge in [0.05, 0.1) is 17.9 Å². The molecule has 0 atom stereocenters. The smallest absolute Gasteiger partial charge is 0.238 e. The average Bonchev–Trinajstić information content (AvgIpc) is 3.24. The maximum atomic E-state index is 12.7. The standard InChI is InChI=1S/C22H25ClN6O/c1-17-3-2-4-18(11-17)13-27-7-9-28(10-8-27)14-22(30)26-20-12-19(23)5-6-21(20)29-16-24-15-25-29/h2-6,11-12,15-16H,7-10,13-14H2,1H3,(H,26,30). The number of benzene rings is 2. The quantitative estimate of drug-likeness (QED) is 0.659. The maximum absolute atomic E-state index is 12.7. The summed E-state index contributed by atoms with van der Waals surface area (Å²) in [7, 11) is 0. The zero-order valence-corrected chi connectivity index (χ0v) is 17.7. The fourth-order valence-electron chi connectivity index (χ4n) is 3.71. The summed E-state index contributed by atoms with van der Waals surface area (Å²) >= 11 is 6.13. The third kappa shape index (κ3) is 5.24. The van der Waals surface area contributed by atoms with Crippen molar-refractivity contribution >= 4 is 23.2 Å². The van der Waals surface area contributed by atoms with Gasteiger partial charge in [0.2, 0.25) is 5.91 Å². The van der Waals surface area contributed by atoms with E-state index in [9.17, 15) is 4.79 Å². The number of anilines is 1. The second-order valence-electron chi connectivity index (χ2n) is 7.59. The van der Waals surface area contributed by atoms with E-state index >= 15 is 0 Å². The molecule has 0 saturated carbocycles. The average molecular weight is 425 g/mol. The molecule has 0 radical (unpaired) electrons. The summed E-state index contributed by atoms with van der Waals surface area (Å²) in [6, 6.07) is 13.9. The molecule has 0 bridgehead atoms. The first kappa shape index (κ1) is 20.5. The summed E-state index contributed by atoms with van der Waals surface area (Å²) in [5.41, 5.74) is 3.97. The molecule has 0 aliphatic carbocycles. The predicted octanol–water partition coefficient (Wildman–Crippen LogP) is 2.99. The minimum atomic E-state index is -0.0641. The fourth-order valence-corrected chi connectivity index (χ4v) is 3.88. The van der Waals surface area contributed by atoms with E-state index in [0.29, 0.717) is 17.3 Å². The number of amides is 1. The van der Waals surface area contributed by atoms with Crippen LogP contribution in [0.3, 0.4) is 0 Å². The Morgan fingerprint density at radius 1 is 1.10 bits per heavy atom.